The number of rotatable bonds is 14. The number of aromatic nitrogens is 14. The average Bonchev–Trinajstić information content (AvgIpc) is 1.68. The molecule has 0 atom stereocenters. The van der Waals surface area contributed by atoms with Gasteiger partial charge in [0, 0.05) is 110 Å². The number of halogens is 20. The van der Waals surface area contributed by atoms with Crippen LogP contribution in [0, 0.1) is 5.82 Å². The van der Waals surface area contributed by atoms with Gasteiger partial charge in [0.25, 0.3) is 17.7 Å². The molecule has 97 heavy (non-hydrogen) atoms. The Morgan fingerprint density at radius 2 is 0.773 bits per heavy atom. The van der Waals surface area contributed by atoms with E-state index in [2.05, 4.69) is 69.2 Å². The first-order valence-electron chi connectivity index (χ1n) is 27.1. The Morgan fingerprint density at radius 1 is 0.361 bits per heavy atom. The lowest BCUT2D eigenvalue weighted by Gasteiger charge is -2.10. The molecule has 18 nitrogen and oxygen atoms in total. The van der Waals surface area contributed by atoms with Crippen molar-refractivity contribution in [3.05, 3.63) is 182 Å². The molecule has 0 aliphatic heterocycles. The van der Waals surface area contributed by atoms with E-state index in [1.807, 2.05) is 18.2 Å². The molecule has 0 fully saturated rings. The van der Waals surface area contributed by atoms with Crippen molar-refractivity contribution in [2.45, 2.75) is 56.6 Å². The Labute approximate surface area is 529 Å². The molecule has 510 valence electrons. The van der Waals surface area contributed by atoms with Crippen molar-refractivity contribution in [3.8, 4) is 68.3 Å². The lowest BCUT2D eigenvalue weighted by atomic mass is 10.1. The molecule has 0 saturated carbocycles. The number of hydrogen-bond acceptors (Lipinski definition) is 14. The fourth-order valence-corrected chi connectivity index (χ4v) is 8.35. The van der Waals surface area contributed by atoms with Crippen LogP contribution in [0.2, 0.25) is 0 Å². The molecule has 0 amide bonds. The van der Waals surface area contributed by atoms with Crippen LogP contribution in [0.5, 0.6) is 23.5 Å². The summed E-state index contributed by atoms with van der Waals surface area (Å²) in [6.45, 7) is -4.44. The Morgan fingerprint density at radius 3 is 1.24 bits per heavy atom. The summed E-state index contributed by atoms with van der Waals surface area (Å²) in [4.78, 5) is 22.8. The van der Waals surface area contributed by atoms with E-state index in [9.17, 15) is 87.8 Å². The standard InChI is InChI=1S/C16H12F5N3O.C15H11F5N4O.C14H7F7N4O.C14H10F3N3O/c1-15(17,18)12-8-23-24-5-4-10(6-13(12)24)11-2-3-14(22-7-11)25-9-16(19,20)21;1-14(16,17)10-7-22-24-5-4-11(23-13(10)24)9-2-3-12(21-6-9)25-8-15(18,19)20;15-9-3-7(4-22-12(9)26-6-13(16,17)18)10-1-2-25-11(24-10)8(5-23-25)14(19,20)21;15-14(16,17)9-21-13-2-1-11(8-18-13)10-4-6-20-12(7-10)3-5-19-20/h2-8H,9H2,1H3;2-7H,8H2,1H3;1-5H,6H2;1-8H,9H2. The SMILES string of the molecule is CC(F)(F)c1cnn2ccc(-c3ccc(OCC(F)(F)F)nc3)cc12.CC(F)(F)c1cnn2ccc(-c3ccc(OCC(F)(F)F)nc3)nc12.FC(F)(F)COc1ccc(-c2ccn3nccc3c2)cn1.Fc1cc(-c2ccn3ncc(C(F)(F)F)c3n2)cnc1OCC(F)(F)F. The van der Waals surface area contributed by atoms with Crippen LogP contribution in [0.1, 0.15) is 30.5 Å². The first kappa shape index (κ1) is 70.3. The topological polar surface area (TPSA) is 183 Å². The lowest BCUT2D eigenvalue weighted by molar-refractivity contribution is -0.155. The van der Waals surface area contributed by atoms with Gasteiger partial charge in [0.1, 0.15) is 5.56 Å². The van der Waals surface area contributed by atoms with Crippen molar-refractivity contribution in [2.75, 3.05) is 26.4 Å². The van der Waals surface area contributed by atoms with Crippen molar-refractivity contribution < 1.29 is 107 Å². The summed E-state index contributed by atoms with van der Waals surface area (Å²) in [5, 5.41) is 15.3. The number of fused-ring (bicyclic) bond motifs is 4. The molecule has 0 bridgehead atoms. The van der Waals surface area contributed by atoms with E-state index >= 15 is 0 Å². The fraction of sp³-hybridized carbons (Fsp3) is 0.220. The molecule has 38 heteroatoms. The summed E-state index contributed by atoms with van der Waals surface area (Å²) in [5.41, 5.74) is 2.48. The Kier molecular flexibility index (Phi) is 20.1. The molecule has 12 rings (SSSR count). The van der Waals surface area contributed by atoms with Crippen LogP contribution >= 0.6 is 0 Å². The highest BCUT2D eigenvalue weighted by molar-refractivity contribution is 5.71. The van der Waals surface area contributed by atoms with Gasteiger partial charge < -0.3 is 18.9 Å². The Hall–Kier alpha value is -11.0. The second-order valence-corrected chi connectivity index (χ2v) is 20.3. The van der Waals surface area contributed by atoms with Gasteiger partial charge in [-0.25, -0.2) is 69.9 Å². The van der Waals surface area contributed by atoms with Gasteiger partial charge in [-0.2, -0.15) is 86.3 Å². The first-order chi connectivity index (χ1) is 45.3. The van der Waals surface area contributed by atoms with E-state index in [1.54, 1.807) is 29.0 Å². The quantitative estimate of drug-likeness (QED) is 0.0937. The van der Waals surface area contributed by atoms with Gasteiger partial charge in [-0.1, -0.05) is 0 Å². The summed E-state index contributed by atoms with van der Waals surface area (Å²) in [7, 11) is 0. The summed E-state index contributed by atoms with van der Waals surface area (Å²) < 4.78 is 275. The van der Waals surface area contributed by atoms with Crippen LogP contribution < -0.4 is 18.9 Å². The maximum Gasteiger partial charge on any atom is 0.422 e. The number of ether oxygens (including phenoxy) is 4. The van der Waals surface area contributed by atoms with Crippen molar-refractivity contribution in [3.63, 3.8) is 0 Å². The van der Waals surface area contributed by atoms with Gasteiger partial charge in [0.2, 0.25) is 17.6 Å². The number of alkyl halides is 19. The van der Waals surface area contributed by atoms with Gasteiger partial charge >= 0.3 is 30.9 Å². The second kappa shape index (κ2) is 27.8. The van der Waals surface area contributed by atoms with Crippen LogP contribution in [0.3, 0.4) is 0 Å². The minimum Gasteiger partial charge on any atom is -0.468 e. The molecule has 0 aromatic carbocycles. The minimum atomic E-state index is -4.69. The maximum atomic E-state index is 13.9. The number of pyridine rings is 6. The number of nitrogens with zero attached hydrogens (tertiary/aromatic N) is 14. The highest BCUT2D eigenvalue weighted by Gasteiger charge is 2.37. The molecule has 0 spiro atoms. The van der Waals surface area contributed by atoms with E-state index in [4.69, 9.17) is 0 Å². The van der Waals surface area contributed by atoms with Gasteiger partial charge in [-0.3, -0.25) is 0 Å². The monoisotopic (exact) mass is 1390 g/mol. The van der Waals surface area contributed by atoms with Gasteiger partial charge in [-0.05, 0) is 77.9 Å². The van der Waals surface area contributed by atoms with Crippen LogP contribution in [0.25, 0.3) is 67.1 Å². The maximum absolute atomic E-state index is 13.9. The van der Waals surface area contributed by atoms with E-state index in [-0.39, 0.29) is 51.2 Å². The van der Waals surface area contributed by atoms with Crippen molar-refractivity contribution in [2.24, 2.45) is 0 Å². The van der Waals surface area contributed by atoms with Crippen LogP contribution in [0.4, 0.5) is 87.8 Å². The molecule has 0 saturated heterocycles. The minimum absolute atomic E-state index is 0.0117. The van der Waals surface area contributed by atoms with E-state index in [1.165, 1.54) is 94.7 Å². The largest absolute Gasteiger partial charge is 0.468 e. The third-order valence-electron chi connectivity index (χ3n) is 12.7. The zero-order chi connectivity index (χ0) is 70.5. The van der Waals surface area contributed by atoms with Crippen LogP contribution in [-0.2, 0) is 18.0 Å². The molecule has 0 N–H and O–H groups in total. The third-order valence-corrected chi connectivity index (χ3v) is 12.7. The highest BCUT2D eigenvalue weighted by atomic mass is 19.4. The predicted molar refractivity (Wildman–Crippen MR) is 300 cm³/mol. The zero-order valence-corrected chi connectivity index (χ0v) is 48.8. The summed E-state index contributed by atoms with van der Waals surface area (Å²) in [5.74, 6) is -8.68. The zero-order valence-electron chi connectivity index (χ0n) is 48.8. The normalized spacial score (nSPS) is 12.4. The van der Waals surface area contributed by atoms with Crippen LogP contribution in [0.15, 0.2) is 159 Å². The van der Waals surface area contributed by atoms with E-state index in [0.29, 0.717) is 28.6 Å². The molecular weight excluding hydrogens is 1350 g/mol. The Balaban J connectivity index is 0.000000152. The summed E-state index contributed by atoms with van der Waals surface area (Å²) in [6, 6.07) is 20.9. The molecule has 0 radical (unpaired) electrons. The van der Waals surface area contributed by atoms with Crippen LogP contribution in [-0.4, -0.2) is 119 Å². The molecule has 0 aliphatic rings. The lowest BCUT2D eigenvalue weighted by Crippen LogP contribution is -2.20. The molecule has 0 aliphatic carbocycles. The van der Waals surface area contributed by atoms with E-state index < -0.39 is 92.1 Å². The third kappa shape index (κ3) is 19.1. The Bertz CT molecular complexity index is 4490. The van der Waals surface area contributed by atoms with Gasteiger partial charge in [0.05, 0.1) is 52.1 Å². The first-order valence-corrected chi connectivity index (χ1v) is 27.1. The summed E-state index contributed by atoms with van der Waals surface area (Å²) in [6.07, 6.45) is -7.25. The van der Waals surface area contributed by atoms with Gasteiger partial charge in [-0.15, -0.1) is 0 Å². The highest BCUT2D eigenvalue weighted by Crippen LogP contribution is 2.36. The predicted octanol–water partition coefficient (Wildman–Crippen LogP) is 15.5. The van der Waals surface area contributed by atoms with E-state index in [0.717, 1.165) is 59.7 Å². The molecule has 0 unspecified atom stereocenters. The molecule has 12 aromatic rings. The molecule has 12 aromatic heterocycles. The number of hydrogen-bond donors (Lipinski definition) is 0. The van der Waals surface area contributed by atoms with Crippen molar-refractivity contribution >= 4 is 22.3 Å². The smallest absolute Gasteiger partial charge is 0.422 e. The second-order valence-electron chi connectivity index (χ2n) is 20.3. The van der Waals surface area contributed by atoms with Crippen molar-refractivity contribution in [1.29, 1.82) is 0 Å². The molecule has 12 heterocycles. The average molecular weight is 1390 g/mol. The fourth-order valence-electron chi connectivity index (χ4n) is 8.35. The summed E-state index contributed by atoms with van der Waals surface area (Å²) >= 11 is 0. The van der Waals surface area contributed by atoms with Crippen molar-refractivity contribution in [1.82, 2.24) is 68.4 Å². The molecular formula is C59H40F20N14O4. The van der Waals surface area contributed by atoms with Gasteiger partial charge in [0.15, 0.2) is 43.5 Å².